The lowest BCUT2D eigenvalue weighted by Gasteiger charge is -2.07. The maximum atomic E-state index is 12.5. The largest absolute Gasteiger partial charge is 0.335 e. The molecule has 0 aliphatic heterocycles. The smallest absolute Gasteiger partial charge is 0.228 e. The topological polar surface area (TPSA) is 125 Å². The summed E-state index contributed by atoms with van der Waals surface area (Å²) in [5.74, 6) is 0.436. The van der Waals surface area contributed by atoms with Gasteiger partial charge in [-0.05, 0) is 31.2 Å². The number of anilines is 1. The second kappa shape index (κ2) is 11.0. The van der Waals surface area contributed by atoms with Gasteiger partial charge in [-0.3, -0.25) is 19.9 Å². The van der Waals surface area contributed by atoms with Crippen molar-refractivity contribution in [2.24, 2.45) is 4.99 Å². The van der Waals surface area contributed by atoms with E-state index in [0.717, 1.165) is 21.9 Å². The zero-order chi connectivity index (χ0) is 25.5. The number of hydrogen-bond acceptors (Lipinski definition) is 6. The molecule has 0 unspecified atom stereocenters. The number of nitrogens with zero attached hydrogens (tertiary/aromatic N) is 5. The number of pyridine rings is 2. The van der Waals surface area contributed by atoms with Gasteiger partial charge in [0.2, 0.25) is 5.91 Å². The molecule has 4 rings (SSSR count). The van der Waals surface area contributed by atoms with Crippen LogP contribution in [0.1, 0.15) is 18.9 Å². The Morgan fingerprint density at radius 1 is 1.28 bits per heavy atom. The predicted molar refractivity (Wildman–Crippen MR) is 144 cm³/mol. The molecule has 0 aliphatic carbocycles. The molecule has 0 atom stereocenters. The maximum absolute atomic E-state index is 12.5. The van der Waals surface area contributed by atoms with Crippen LogP contribution in [0.4, 0.5) is 5.69 Å². The third kappa shape index (κ3) is 5.58. The fourth-order valence-corrected chi connectivity index (χ4v) is 3.56. The van der Waals surface area contributed by atoms with Crippen LogP contribution in [0.3, 0.4) is 0 Å². The van der Waals surface area contributed by atoms with Crippen molar-refractivity contribution >= 4 is 41.1 Å². The molecule has 0 radical (unpaired) electrons. The molecule has 1 amide bonds. The standard InChI is InChI=1S/C27H26N8O/c1-5-6-7-9-17(2)12-24(36)31-20-13-19(15-29-16-20)23(28-4)14-21-18(3)34-35-25(21)27-32-22-10-8-11-30-26(22)33-27/h5-11,13-16,34H,1,3,12H2,2,4H3,(H,31,36)(H,30,32,33)/b7-6-,17-9+,21-14+,28-23?. The highest BCUT2D eigenvalue weighted by atomic mass is 16.1. The van der Waals surface area contributed by atoms with Crippen LogP contribution < -0.4 is 15.9 Å². The number of aliphatic imine (C=N–C) groups is 1. The lowest BCUT2D eigenvalue weighted by Crippen LogP contribution is -2.24. The number of carbonyl (C=O) groups is 1. The Kier molecular flexibility index (Phi) is 7.40. The lowest BCUT2D eigenvalue weighted by atomic mass is 10.1. The van der Waals surface area contributed by atoms with Gasteiger partial charge in [0.15, 0.2) is 11.5 Å². The van der Waals surface area contributed by atoms with Gasteiger partial charge in [0.05, 0.1) is 28.5 Å². The molecule has 36 heavy (non-hydrogen) atoms. The third-order valence-electron chi connectivity index (χ3n) is 5.27. The summed E-state index contributed by atoms with van der Waals surface area (Å²) in [7, 11) is 1.69. The fraction of sp³-hybridized carbons (Fsp3) is 0.111. The molecule has 0 saturated carbocycles. The Labute approximate surface area is 207 Å². The second-order valence-corrected chi connectivity index (χ2v) is 8.00. The number of imidazole rings is 1. The summed E-state index contributed by atoms with van der Waals surface area (Å²) in [4.78, 5) is 33.3. The van der Waals surface area contributed by atoms with Gasteiger partial charge in [-0.2, -0.15) is 5.10 Å². The Hall–Kier alpha value is -4.92. The average Bonchev–Trinajstić information content (AvgIpc) is 3.45. The highest BCUT2D eigenvalue weighted by Crippen LogP contribution is 2.15. The number of allylic oxidation sites excluding steroid dienone is 4. The van der Waals surface area contributed by atoms with Crippen LogP contribution >= 0.6 is 0 Å². The molecule has 0 bridgehead atoms. The minimum absolute atomic E-state index is 0.135. The van der Waals surface area contributed by atoms with Crippen LogP contribution in [-0.4, -0.2) is 48.8 Å². The van der Waals surface area contributed by atoms with E-state index in [1.165, 1.54) is 0 Å². The number of fused-ring (bicyclic) bond motifs is 1. The SMILES string of the molecule is C=C/C=C\C=C(/C)CC(=O)Nc1cncc(C(/C=c2/c(-c3nc4ncccc4[nH]3)n[nH]c2=C)=NC)c1. The Morgan fingerprint density at radius 3 is 2.92 bits per heavy atom. The number of hydrogen-bond donors (Lipinski definition) is 3. The zero-order valence-electron chi connectivity index (χ0n) is 20.1. The summed E-state index contributed by atoms with van der Waals surface area (Å²) in [5, 5.41) is 11.6. The Balaban J connectivity index is 1.61. The fourth-order valence-electron chi connectivity index (χ4n) is 3.56. The molecule has 0 aliphatic rings. The van der Waals surface area contributed by atoms with E-state index in [-0.39, 0.29) is 12.3 Å². The van der Waals surface area contributed by atoms with Crippen molar-refractivity contribution in [3.8, 4) is 11.5 Å². The van der Waals surface area contributed by atoms with Gasteiger partial charge in [0.25, 0.3) is 0 Å². The number of H-pyrrole nitrogens is 2. The van der Waals surface area contributed by atoms with Crippen molar-refractivity contribution in [1.82, 2.24) is 30.1 Å². The zero-order valence-corrected chi connectivity index (χ0v) is 20.1. The molecule has 180 valence electrons. The summed E-state index contributed by atoms with van der Waals surface area (Å²) < 4.78 is 0. The van der Waals surface area contributed by atoms with Gasteiger partial charge in [-0.25, -0.2) is 9.97 Å². The number of rotatable bonds is 8. The minimum atomic E-state index is -0.135. The Morgan fingerprint density at radius 2 is 2.14 bits per heavy atom. The van der Waals surface area contributed by atoms with E-state index in [1.54, 1.807) is 31.7 Å². The predicted octanol–water partition coefficient (Wildman–Crippen LogP) is 3.07. The van der Waals surface area contributed by atoms with Gasteiger partial charge in [0.1, 0.15) is 5.69 Å². The number of carbonyl (C=O) groups excluding carboxylic acids is 1. The van der Waals surface area contributed by atoms with E-state index < -0.39 is 0 Å². The van der Waals surface area contributed by atoms with Crippen LogP contribution in [-0.2, 0) is 4.79 Å². The molecule has 4 aromatic rings. The number of amides is 1. The van der Waals surface area contributed by atoms with Crippen molar-refractivity contribution in [3.63, 3.8) is 0 Å². The molecule has 4 aromatic heterocycles. The van der Waals surface area contributed by atoms with Crippen molar-refractivity contribution in [2.75, 3.05) is 12.4 Å². The van der Waals surface area contributed by atoms with Crippen LogP contribution in [0.15, 0.2) is 78.2 Å². The quantitative estimate of drug-likeness (QED) is 0.265. The molecule has 4 heterocycles. The third-order valence-corrected chi connectivity index (χ3v) is 5.27. The number of nitrogens with one attached hydrogen (secondary N) is 3. The van der Waals surface area contributed by atoms with E-state index in [2.05, 4.69) is 53.6 Å². The van der Waals surface area contributed by atoms with Crippen molar-refractivity contribution in [1.29, 1.82) is 0 Å². The van der Waals surface area contributed by atoms with Crippen LogP contribution in [0.2, 0.25) is 0 Å². The summed E-state index contributed by atoms with van der Waals surface area (Å²) in [6.07, 6.45) is 14.3. The van der Waals surface area contributed by atoms with Crippen molar-refractivity contribution in [2.45, 2.75) is 13.3 Å². The highest BCUT2D eigenvalue weighted by molar-refractivity contribution is 6.21. The molecule has 3 N–H and O–H groups in total. The first-order valence-electron chi connectivity index (χ1n) is 11.2. The van der Waals surface area contributed by atoms with Gasteiger partial charge < -0.3 is 10.3 Å². The number of aromatic amines is 2. The summed E-state index contributed by atoms with van der Waals surface area (Å²) >= 11 is 0. The van der Waals surface area contributed by atoms with Gasteiger partial charge >= 0.3 is 0 Å². The van der Waals surface area contributed by atoms with Crippen LogP contribution in [0, 0.1) is 0 Å². The molecule has 0 saturated heterocycles. The van der Waals surface area contributed by atoms with E-state index in [4.69, 9.17) is 0 Å². The van der Waals surface area contributed by atoms with Gasteiger partial charge in [-0.15, -0.1) is 0 Å². The molecule has 0 aromatic carbocycles. The van der Waals surface area contributed by atoms with E-state index in [9.17, 15) is 4.79 Å². The van der Waals surface area contributed by atoms with Crippen molar-refractivity contribution < 1.29 is 4.79 Å². The first-order valence-corrected chi connectivity index (χ1v) is 11.2. The lowest BCUT2D eigenvalue weighted by molar-refractivity contribution is -0.115. The maximum Gasteiger partial charge on any atom is 0.228 e. The molecular formula is C27H26N8O. The second-order valence-electron chi connectivity index (χ2n) is 8.00. The minimum Gasteiger partial charge on any atom is -0.335 e. The first-order chi connectivity index (χ1) is 17.5. The van der Waals surface area contributed by atoms with E-state index in [1.807, 2.05) is 49.4 Å². The Bertz CT molecular complexity index is 1590. The molecular weight excluding hydrogens is 452 g/mol. The molecule has 9 nitrogen and oxygen atoms in total. The van der Waals surface area contributed by atoms with Crippen molar-refractivity contribution in [3.05, 3.63) is 89.4 Å². The normalized spacial score (nSPS) is 13.0. The molecule has 0 fully saturated rings. The number of aromatic nitrogens is 6. The monoisotopic (exact) mass is 478 g/mol. The molecule has 0 spiro atoms. The molecule has 9 heteroatoms. The van der Waals surface area contributed by atoms with E-state index in [0.29, 0.717) is 33.9 Å². The highest BCUT2D eigenvalue weighted by Gasteiger charge is 2.12. The van der Waals surface area contributed by atoms with E-state index >= 15 is 0 Å². The average molecular weight is 479 g/mol. The van der Waals surface area contributed by atoms with Crippen LogP contribution in [0.5, 0.6) is 0 Å². The van der Waals surface area contributed by atoms with Gasteiger partial charge in [-0.1, -0.05) is 43.0 Å². The summed E-state index contributed by atoms with van der Waals surface area (Å²) in [5.41, 5.74) is 4.89. The first kappa shape index (κ1) is 24.2. The summed E-state index contributed by atoms with van der Waals surface area (Å²) in [6, 6.07) is 5.57. The van der Waals surface area contributed by atoms with Crippen LogP contribution in [0.25, 0.3) is 35.3 Å². The van der Waals surface area contributed by atoms with Gasteiger partial charge in [0, 0.05) is 36.6 Å². The summed E-state index contributed by atoms with van der Waals surface area (Å²) in [6.45, 7) is 9.59.